The van der Waals surface area contributed by atoms with E-state index in [0.717, 1.165) is 31.7 Å². The van der Waals surface area contributed by atoms with Crippen LogP contribution in [0.1, 0.15) is 23.3 Å². The number of hydrogen-bond acceptors (Lipinski definition) is 5. The Morgan fingerprint density at radius 1 is 1.29 bits per heavy atom. The predicted molar refractivity (Wildman–Crippen MR) is 82.7 cm³/mol. The van der Waals surface area contributed by atoms with Crippen LogP contribution in [0.2, 0.25) is 0 Å². The maximum atomic E-state index is 11.8. The van der Waals surface area contributed by atoms with Crippen LogP contribution in [-0.2, 0) is 9.47 Å². The van der Waals surface area contributed by atoms with Gasteiger partial charge in [0.1, 0.15) is 5.69 Å². The van der Waals surface area contributed by atoms with E-state index >= 15 is 0 Å². The monoisotopic (exact) mass is 295 g/mol. The van der Waals surface area contributed by atoms with Crippen molar-refractivity contribution in [1.82, 2.24) is 9.88 Å². The third kappa shape index (κ3) is 7.06. The fourth-order valence-corrected chi connectivity index (χ4v) is 1.69. The standard InChI is InChI=1S/C15H25N3O3/c1-18(2)15(19)14-12-13(6-8-17-14)16-7-4-5-9-21-11-10-20-3/h6,8,12H,4-5,7,9-11H2,1-3H3,(H,16,17). The van der Waals surface area contributed by atoms with E-state index in [4.69, 9.17) is 9.47 Å². The van der Waals surface area contributed by atoms with Crippen LogP contribution >= 0.6 is 0 Å². The van der Waals surface area contributed by atoms with Gasteiger partial charge in [-0.3, -0.25) is 9.78 Å². The number of rotatable bonds is 10. The molecule has 0 saturated carbocycles. The SMILES string of the molecule is COCCOCCCCNc1ccnc(C(=O)N(C)C)c1. The van der Waals surface area contributed by atoms with Crippen LogP contribution < -0.4 is 5.32 Å². The Morgan fingerprint density at radius 2 is 2.10 bits per heavy atom. The van der Waals surface area contributed by atoms with Gasteiger partial charge in [0.05, 0.1) is 13.2 Å². The van der Waals surface area contributed by atoms with Crippen LogP contribution in [0.15, 0.2) is 18.3 Å². The number of carbonyl (C=O) groups is 1. The fourth-order valence-electron chi connectivity index (χ4n) is 1.69. The van der Waals surface area contributed by atoms with Crippen molar-refractivity contribution in [2.24, 2.45) is 0 Å². The number of nitrogens with one attached hydrogen (secondary N) is 1. The van der Waals surface area contributed by atoms with Crippen LogP contribution in [0.4, 0.5) is 5.69 Å². The van der Waals surface area contributed by atoms with Gasteiger partial charge in [0.2, 0.25) is 0 Å². The second-order valence-electron chi connectivity index (χ2n) is 4.87. The Morgan fingerprint density at radius 3 is 2.81 bits per heavy atom. The van der Waals surface area contributed by atoms with E-state index in [0.29, 0.717) is 18.9 Å². The van der Waals surface area contributed by atoms with Gasteiger partial charge in [-0.2, -0.15) is 0 Å². The lowest BCUT2D eigenvalue weighted by Crippen LogP contribution is -2.22. The smallest absolute Gasteiger partial charge is 0.272 e. The first kappa shape index (κ1) is 17.4. The van der Waals surface area contributed by atoms with Crippen molar-refractivity contribution >= 4 is 11.6 Å². The molecule has 118 valence electrons. The first-order chi connectivity index (χ1) is 10.1. The second kappa shape index (κ2) is 10.1. The molecule has 1 heterocycles. The molecule has 6 nitrogen and oxygen atoms in total. The Balaban J connectivity index is 2.23. The maximum Gasteiger partial charge on any atom is 0.272 e. The number of carbonyl (C=O) groups excluding carboxylic acids is 1. The summed E-state index contributed by atoms with van der Waals surface area (Å²) in [6, 6.07) is 3.64. The number of nitrogens with zero attached hydrogens (tertiary/aromatic N) is 2. The summed E-state index contributed by atoms with van der Waals surface area (Å²) in [6.07, 6.45) is 3.64. The molecule has 0 radical (unpaired) electrons. The predicted octanol–water partition coefficient (Wildman–Crippen LogP) is 1.64. The van der Waals surface area contributed by atoms with Crippen LogP contribution in [0.5, 0.6) is 0 Å². The second-order valence-corrected chi connectivity index (χ2v) is 4.87. The maximum absolute atomic E-state index is 11.8. The molecule has 0 aliphatic carbocycles. The van der Waals surface area contributed by atoms with Gasteiger partial charge in [0.15, 0.2) is 0 Å². The summed E-state index contributed by atoms with van der Waals surface area (Å²) in [7, 11) is 5.10. The number of unbranched alkanes of at least 4 members (excludes halogenated alkanes) is 1. The van der Waals surface area contributed by atoms with Crippen molar-refractivity contribution in [3.8, 4) is 0 Å². The first-order valence-electron chi connectivity index (χ1n) is 7.13. The molecule has 21 heavy (non-hydrogen) atoms. The fraction of sp³-hybridized carbons (Fsp3) is 0.600. The minimum atomic E-state index is -0.0924. The zero-order valence-electron chi connectivity index (χ0n) is 13.1. The van der Waals surface area contributed by atoms with Crippen molar-refractivity contribution in [2.45, 2.75) is 12.8 Å². The molecule has 0 aliphatic rings. The number of pyridine rings is 1. The van der Waals surface area contributed by atoms with Crippen molar-refractivity contribution in [1.29, 1.82) is 0 Å². The highest BCUT2D eigenvalue weighted by Gasteiger charge is 2.09. The summed E-state index contributed by atoms with van der Waals surface area (Å²) in [4.78, 5) is 17.4. The molecular formula is C15H25N3O3. The van der Waals surface area contributed by atoms with Gasteiger partial charge < -0.3 is 19.7 Å². The number of anilines is 1. The molecule has 1 N–H and O–H groups in total. The van der Waals surface area contributed by atoms with Gasteiger partial charge in [-0.05, 0) is 25.0 Å². The van der Waals surface area contributed by atoms with E-state index in [1.807, 2.05) is 6.07 Å². The van der Waals surface area contributed by atoms with E-state index < -0.39 is 0 Å². The third-order valence-electron chi connectivity index (χ3n) is 2.86. The third-order valence-corrected chi connectivity index (χ3v) is 2.86. The molecular weight excluding hydrogens is 270 g/mol. The highest BCUT2D eigenvalue weighted by atomic mass is 16.5. The lowest BCUT2D eigenvalue weighted by atomic mass is 10.2. The number of amides is 1. The van der Waals surface area contributed by atoms with Gasteiger partial charge in [0, 0.05) is 46.2 Å². The topological polar surface area (TPSA) is 63.7 Å². The average molecular weight is 295 g/mol. The zero-order valence-corrected chi connectivity index (χ0v) is 13.1. The summed E-state index contributed by atoms with van der Waals surface area (Å²) >= 11 is 0. The summed E-state index contributed by atoms with van der Waals surface area (Å²) in [5, 5.41) is 3.29. The van der Waals surface area contributed by atoms with Crippen LogP contribution in [0, 0.1) is 0 Å². The molecule has 0 aromatic carbocycles. The number of aromatic nitrogens is 1. The minimum absolute atomic E-state index is 0.0924. The molecule has 1 aromatic heterocycles. The van der Waals surface area contributed by atoms with E-state index in [1.165, 1.54) is 4.90 Å². The van der Waals surface area contributed by atoms with Crippen molar-refractivity contribution in [3.63, 3.8) is 0 Å². The largest absolute Gasteiger partial charge is 0.385 e. The molecule has 0 saturated heterocycles. The molecule has 0 atom stereocenters. The molecule has 0 fully saturated rings. The van der Waals surface area contributed by atoms with E-state index in [1.54, 1.807) is 33.5 Å². The van der Waals surface area contributed by atoms with Crippen molar-refractivity contribution in [3.05, 3.63) is 24.0 Å². The van der Waals surface area contributed by atoms with Gasteiger partial charge in [0.25, 0.3) is 5.91 Å². The molecule has 0 bridgehead atoms. The number of methoxy groups -OCH3 is 1. The lowest BCUT2D eigenvalue weighted by molar-refractivity contribution is 0.0691. The highest BCUT2D eigenvalue weighted by Crippen LogP contribution is 2.09. The Kier molecular flexibility index (Phi) is 8.38. The van der Waals surface area contributed by atoms with Crippen molar-refractivity contribution in [2.75, 3.05) is 52.9 Å². The summed E-state index contributed by atoms with van der Waals surface area (Å²) in [6.45, 7) is 2.86. The quantitative estimate of drug-likeness (QED) is 0.665. The van der Waals surface area contributed by atoms with E-state index in [2.05, 4.69) is 10.3 Å². The summed E-state index contributed by atoms with van der Waals surface area (Å²) < 4.78 is 10.3. The van der Waals surface area contributed by atoms with Crippen LogP contribution in [0.25, 0.3) is 0 Å². The van der Waals surface area contributed by atoms with Crippen molar-refractivity contribution < 1.29 is 14.3 Å². The van der Waals surface area contributed by atoms with Gasteiger partial charge in [-0.1, -0.05) is 0 Å². The minimum Gasteiger partial charge on any atom is -0.385 e. The van der Waals surface area contributed by atoms with Crippen LogP contribution in [0.3, 0.4) is 0 Å². The first-order valence-corrected chi connectivity index (χ1v) is 7.13. The zero-order chi connectivity index (χ0) is 15.5. The Bertz CT molecular complexity index is 424. The normalized spacial score (nSPS) is 10.4. The highest BCUT2D eigenvalue weighted by molar-refractivity contribution is 5.92. The van der Waals surface area contributed by atoms with E-state index in [9.17, 15) is 4.79 Å². The van der Waals surface area contributed by atoms with Gasteiger partial charge >= 0.3 is 0 Å². The Hall–Kier alpha value is -1.66. The molecule has 1 rings (SSSR count). The van der Waals surface area contributed by atoms with Gasteiger partial charge in [-0.15, -0.1) is 0 Å². The molecule has 0 spiro atoms. The average Bonchev–Trinajstić information content (AvgIpc) is 2.49. The molecule has 0 unspecified atom stereocenters. The van der Waals surface area contributed by atoms with Crippen LogP contribution in [-0.4, -0.2) is 63.4 Å². The molecule has 1 aromatic rings. The van der Waals surface area contributed by atoms with E-state index in [-0.39, 0.29) is 5.91 Å². The summed E-state index contributed by atoms with van der Waals surface area (Å²) in [5.74, 6) is -0.0924. The lowest BCUT2D eigenvalue weighted by Gasteiger charge is -2.11. The summed E-state index contributed by atoms with van der Waals surface area (Å²) in [5.41, 5.74) is 1.36. The molecule has 6 heteroatoms. The Labute approximate surface area is 126 Å². The number of hydrogen-bond donors (Lipinski definition) is 1. The molecule has 1 amide bonds. The number of ether oxygens (including phenoxy) is 2. The van der Waals surface area contributed by atoms with Gasteiger partial charge in [-0.25, -0.2) is 0 Å². The molecule has 0 aliphatic heterocycles.